The molecule has 1 aromatic carbocycles. The lowest BCUT2D eigenvalue weighted by Crippen LogP contribution is -2.53. The number of halogens is 3. The van der Waals surface area contributed by atoms with Gasteiger partial charge in [-0.25, -0.2) is 22.7 Å². The summed E-state index contributed by atoms with van der Waals surface area (Å²) in [5.41, 5.74) is 2.33. The van der Waals surface area contributed by atoms with Crippen molar-refractivity contribution >= 4 is 19.4 Å². The smallest absolute Gasteiger partial charge is 0.380 e. The monoisotopic (exact) mass is 575 g/mol. The van der Waals surface area contributed by atoms with Crippen LogP contribution in [0.5, 0.6) is 5.75 Å². The number of esters is 1. The van der Waals surface area contributed by atoms with E-state index in [-0.39, 0.29) is 11.6 Å². The molecule has 0 amide bonds. The molecule has 1 saturated heterocycles. The fourth-order valence-electron chi connectivity index (χ4n) is 4.10. The van der Waals surface area contributed by atoms with Crippen molar-refractivity contribution < 1.29 is 46.2 Å². The third-order valence-corrected chi connectivity index (χ3v) is 8.17. The van der Waals surface area contributed by atoms with Crippen molar-refractivity contribution in [3.05, 3.63) is 54.8 Å². The Morgan fingerprint density at radius 3 is 2.54 bits per heavy atom. The van der Waals surface area contributed by atoms with Crippen LogP contribution >= 0.6 is 7.60 Å². The number of aliphatic hydroxyl groups is 1. The molecule has 2 aliphatic heterocycles. The summed E-state index contributed by atoms with van der Waals surface area (Å²) >= 11 is 0. The van der Waals surface area contributed by atoms with E-state index in [0.717, 1.165) is 11.1 Å². The van der Waals surface area contributed by atoms with Crippen LogP contribution in [0, 0.1) is 5.92 Å². The van der Waals surface area contributed by atoms with Gasteiger partial charge in [0.1, 0.15) is 30.5 Å². The summed E-state index contributed by atoms with van der Waals surface area (Å²) in [5.74, 6) is -3.24. The van der Waals surface area contributed by atoms with Crippen molar-refractivity contribution in [2.75, 3.05) is 12.8 Å². The number of para-hydroxylation sites is 1. The van der Waals surface area contributed by atoms with Gasteiger partial charge >= 0.3 is 13.6 Å². The quantitative estimate of drug-likeness (QED) is 0.297. The summed E-state index contributed by atoms with van der Waals surface area (Å²) in [6, 6.07) is 7.98. The Balaban J connectivity index is 1.87. The van der Waals surface area contributed by atoms with E-state index in [2.05, 4.69) is 11.6 Å². The summed E-state index contributed by atoms with van der Waals surface area (Å²) in [6.07, 6.45) is -7.16. The molecule has 1 fully saturated rings. The van der Waals surface area contributed by atoms with Gasteiger partial charge in [0.25, 0.3) is 0 Å². The first-order chi connectivity index (χ1) is 18.2. The minimum absolute atomic E-state index is 0.160. The molecule has 7 atom stereocenters. The molecule has 3 N–H and O–H groups in total. The number of rotatable bonds is 11. The molecule has 0 aromatic heterocycles. The summed E-state index contributed by atoms with van der Waals surface area (Å²) in [6.45, 7) is 7.92. The molecule has 1 unspecified atom stereocenters. The first-order valence-electron chi connectivity index (χ1n) is 12.2. The van der Waals surface area contributed by atoms with Crippen molar-refractivity contribution in [2.24, 2.45) is 16.6 Å². The highest BCUT2D eigenvalue weighted by molar-refractivity contribution is 7.54. The van der Waals surface area contributed by atoms with Crippen molar-refractivity contribution in [3.8, 4) is 5.75 Å². The first kappa shape index (κ1) is 30.7. The maximum Gasteiger partial charge on any atom is 0.380 e. The van der Waals surface area contributed by atoms with Gasteiger partial charge in [-0.2, -0.15) is 0 Å². The Labute approximate surface area is 224 Å². The summed E-state index contributed by atoms with van der Waals surface area (Å²) in [4.78, 5) is 16.8. The predicted molar refractivity (Wildman–Crippen MR) is 137 cm³/mol. The fraction of sp³-hybridized carbons (Fsp3) is 0.520. The van der Waals surface area contributed by atoms with E-state index >= 15 is 4.39 Å². The molecule has 0 bridgehead atoms. The van der Waals surface area contributed by atoms with E-state index in [1.165, 1.54) is 26.0 Å². The Morgan fingerprint density at radius 2 is 1.95 bits per heavy atom. The molecule has 10 nitrogen and oxygen atoms in total. The van der Waals surface area contributed by atoms with E-state index in [0.29, 0.717) is 0 Å². The Morgan fingerprint density at radius 1 is 1.31 bits per heavy atom. The van der Waals surface area contributed by atoms with Crippen LogP contribution in [0.1, 0.15) is 27.7 Å². The van der Waals surface area contributed by atoms with Crippen LogP contribution < -0.4 is 10.3 Å². The number of carbonyl (C=O) groups excluding carboxylic acids is 1. The minimum atomic E-state index is -4.21. The van der Waals surface area contributed by atoms with Crippen LogP contribution in [0.15, 0.2) is 59.8 Å². The Hall–Kier alpha value is -2.86. The average molecular weight is 576 g/mol. The van der Waals surface area contributed by atoms with Gasteiger partial charge in [0.2, 0.25) is 5.67 Å². The number of carbonyl (C=O) groups is 1. The van der Waals surface area contributed by atoms with Crippen LogP contribution in [0.2, 0.25) is 0 Å². The molecule has 0 spiro atoms. The molecule has 0 saturated carbocycles. The normalized spacial score (nSPS) is 28.4. The second-order valence-corrected chi connectivity index (χ2v) is 11.6. The number of hydrogen-bond acceptors (Lipinski definition) is 10. The highest BCUT2D eigenvalue weighted by atomic mass is 31.2. The molecule has 0 radical (unpaired) electrons. The maximum absolute atomic E-state index is 15.8. The maximum atomic E-state index is 15.8. The van der Waals surface area contributed by atoms with Gasteiger partial charge in [-0.3, -0.25) is 9.32 Å². The topological polar surface area (TPSA) is 133 Å². The molecule has 2 aliphatic rings. The summed E-state index contributed by atoms with van der Waals surface area (Å²) in [7, 11) is -4.21. The van der Waals surface area contributed by atoms with Gasteiger partial charge in [0.05, 0.1) is 24.3 Å². The summed E-state index contributed by atoms with van der Waals surface area (Å²) in [5, 5.41) is 10.8. The van der Waals surface area contributed by atoms with Crippen molar-refractivity contribution in [1.82, 2.24) is 4.90 Å². The lowest BCUT2D eigenvalue weighted by atomic mass is 9.95. The van der Waals surface area contributed by atoms with Crippen LogP contribution in [0.25, 0.3) is 0 Å². The number of benzene rings is 1. The minimum Gasteiger partial charge on any atom is -0.463 e. The van der Waals surface area contributed by atoms with E-state index in [9.17, 15) is 23.2 Å². The average Bonchev–Trinajstić information content (AvgIpc) is 3.12. The molecule has 216 valence electrons. The van der Waals surface area contributed by atoms with Crippen LogP contribution in [-0.2, 0) is 23.4 Å². The molecule has 39 heavy (non-hydrogen) atoms. The third kappa shape index (κ3) is 6.84. The first-order valence-corrected chi connectivity index (χ1v) is 13.9. The number of alkyl halides is 2. The Bertz CT molecular complexity index is 1170. The third-order valence-electron chi connectivity index (χ3n) is 6.03. The zero-order valence-electron chi connectivity index (χ0n) is 22.0. The van der Waals surface area contributed by atoms with Gasteiger partial charge in [-0.15, -0.1) is 0 Å². The van der Waals surface area contributed by atoms with E-state index in [1.807, 2.05) is 0 Å². The summed E-state index contributed by atoms with van der Waals surface area (Å²) < 4.78 is 80.1. The number of nitrogens with two attached hydrogens (primary N) is 1. The number of ether oxygens (including phenoxy) is 2. The lowest BCUT2D eigenvalue weighted by Gasteiger charge is -2.34. The predicted octanol–water partition coefficient (Wildman–Crippen LogP) is 3.97. The molecule has 0 aliphatic carbocycles. The highest BCUT2D eigenvalue weighted by Crippen LogP contribution is 2.53. The molecule has 2 heterocycles. The van der Waals surface area contributed by atoms with E-state index < -0.39 is 80.3 Å². The lowest BCUT2D eigenvalue weighted by molar-refractivity contribution is -0.151. The standard InChI is InChI=1S/C25H33F3N3O7P/c1-14(2)35-23(33)15(3)12-39(34,38-18-9-7-6-8-10-18)37-16(4)20-21(32)25(28,13-26)24(36-20)31-11-19(27)22(29)30-17(31)5/h6-11,14-16,20-21,24,32H,5,12-13H2,1-4H3,(H2,29,30)/t15-,16-,20-,21+,24-,25?,39-/m1/s1. The molecule has 3 rings (SSSR count). The zero-order chi connectivity index (χ0) is 29.1. The van der Waals surface area contributed by atoms with E-state index in [1.54, 1.807) is 32.0 Å². The molecular weight excluding hydrogens is 542 g/mol. The van der Waals surface area contributed by atoms with Crippen molar-refractivity contribution in [2.45, 2.75) is 64.0 Å². The zero-order valence-corrected chi connectivity index (χ0v) is 22.9. The SMILES string of the molecule is C=C1N=C(N)C(F)=CN1[C@@H]1O[C@H]([C@@H](C)O[P@](=O)(C[C@@H](C)C(=O)OC(C)C)Oc2ccccc2)[C@H](O)C1(F)CF. The second-order valence-electron chi connectivity index (χ2n) is 9.65. The van der Waals surface area contributed by atoms with Crippen LogP contribution in [0.3, 0.4) is 0 Å². The Kier molecular flexibility index (Phi) is 9.53. The van der Waals surface area contributed by atoms with Crippen LogP contribution in [-0.4, -0.2) is 71.0 Å². The second kappa shape index (κ2) is 12.1. The number of aliphatic hydroxyl groups excluding tert-OH is 1. The van der Waals surface area contributed by atoms with Gasteiger partial charge in [0.15, 0.2) is 17.9 Å². The highest BCUT2D eigenvalue weighted by Gasteiger charge is 2.62. The van der Waals surface area contributed by atoms with Gasteiger partial charge < -0.3 is 29.7 Å². The van der Waals surface area contributed by atoms with Gasteiger partial charge in [0, 0.05) is 6.20 Å². The largest absolute Gasteiger partial charge is 0.463 e. The fourth-order valence-corrected chi connectivity index (χ4v) is 6.19. The number of hydrogen-bond donors (Lipinski definition) is 2. The van der Waals surface area contributed by atoms with Gasteiger partial charge in [-0.1, -0.05) is 31.7 Å². The number of aliphatic imine (C=N–C) groups is 1. The number of amidine groups is 1. The van der Waals surface area contributed by atoms with Gasteiger partial charge in [-0.05, 0) is 32.9 Å². The van der Waals surface area contributed by atoms with Crippen molar-refractivity contribution in [3.63, 3.8) is 0 Å². The molecule has 14 heteroatoms. The van der Waals surface area contributed by atoms with Crippen LogP contribution in [0.4, 0.5) is 13.2 Å². The van der Waals surface area contributed by atoms with E-state index in [4.69, 9.17) is 24.3 Å². The van der Waals surface area contributed by atoms with Crippen molar-refractivity contribution in [1.29, 1.82) is 0 Å². The molecular formula is C25H33F3N3O7P. The number of nitrogens with zero attached hydrogens (tertiary/aromatic N) is 2. The molecule has 1 aromatic rings.